The van der Waals surface area contributed by atoms with Crippen LogP contribution in [0.25, 0.3) is 5.41 Å². The van der Waals surface area contributed by atoms with Crippen LogP contribution in [0, 0.1) is 0 Å². The van der Waals surface area contributed by atoms with Crippen molar-refractivity contribution in [2.75, 3.05) is 0 Å². The van der Waals surface area contributed by atoms with Gasteiger partial charge in [0.1, 0.15) is 11.7 Å². The first-order valence-electron chi connectivity index (χ1n) is 2.59. The fourth-order valence-corrected chi connectivity index (χ4v) is 1.05. The quantitative estimate of drug-likeness (QED) is 0.455. The van der Waals surface area contributed by atoms with Gasteiger partial charge in [-0.05, 0) is 11.9 Å². The van der Waals surface area contributed by atoms with E-state index in [2.05, 4.69) is 25.1 Å². The van der Waals surface area contributed by atoms with Gasteiger partial charge in [-0.3, -0.25) is 0 Å². The van der Waals surface area contributed by atoms with Gasteiger partial charge in [-0.25, -0.2) is 9.82 Å². The molecule has 0 amide bonds. The van der Waals surface area contributed by atoms with Crippen molar-refractivity contribution in [3.63, 3.8) is 0 Å². The number of hydrogen-bond acceptors (Lipinski definition) is 6. The molecule has 0 saturated carbocycles. The van der Waals surface area contributed by atoms with Gasteiger partial charge in [-0.15, -0.1) is 15.3 Å². The molecule has 50 valence electrons. The van der Waals surface area contributed by atoms with E-state index < -0.39 is 0 Å². The van der Waals surface area contributed by atoms with Crippen LogP contribution in [-0.4, -0.2) is 15.2 Å². The van der Waals surface area contributed by atoms with Gasteiger partial charge in [0, 0.05) is 5.41 Å². The molecule has 0 atom stereocenters. The van der Waals surface area contributed by atoms with Gasteiger partial charge < -0.3 is 0 Å². The van der Waals surface area contributed by atoms with Crippen molar-refractivity contribution in [1.29, 1.82) is 0 Å². The monoisotopic (exact) mass is 153 g/mol. The van der Waals surface area contributed by atoms with Gasteiger partial charge in [-0.2, -0.15) is 0 Å². The Kier molecular flexibility index (Phi) is 1.24. The molecule has 0 bridgehead atoms. The molecule has 0 aliphatic carbocycles. The average molecular weight is 153 g/mol. The van der Waals surface area contributed by atoms with Gasteiger partial charge >= 0.3 is 0 Å². The molecule has 5 nitrogen and oxygen atoms in total. The molecule has 0 fully saturated rings. The molecule has 0 saturated heterocycles. The molecule has 1 aromatic heterocycles. The Morgan fingerprint density at radius 3 is 3.40 bits per heavy atom. The van der Waals surface area contributed by atoms with Crippen molar-refractivity contribution in [3.05, 3.63) is 17.2 Å². The molecule has 10 heavy (non-hydrogen) atoms. The molecule has 0 radical (unpaired) electrons. The third-order valence-electron chi connectivity index (χ3n) is 1.00. The number of hydrogen-bond donors (Lipinski definition) is 1. The highest BCUT2D eigenvalue weighted by atomic mass is 32.2. The van der Waals surface area contributed by atoms with Crippen LogP contribution in [0.3, 0.4) is 0 Å². The summed E-state index contributed by atoms with van der Waals surface area (Å²) in [6.45, 7) is 0. The Hall–Kier alpha value is -1.17. The van der Waals surface area contributed by atoms with Crippen LogP contribution in [0.4, 0.5) is 0 Å². The lowest BCUT2D eigenvalue weighted by Crippen LogP contribution is -2.35. The summed E-state index contributed by atoms with van der Waals surface area (Å²) in [4.78, 5) is 6.57. The van der Waals surface area contributed by atoms with Gasteiger partial charge in [0.05, 0.1) is 0 Å². The highest BCUT2D eigenvalue weighted by Crippen LogP contribution is 1.92. The lowest BCUT2D eigenvalue weighted by molar-refractivity contribution is 0.851. The lowest BCUT2D eigenvalue weighted by Gasteiger charge is -1.95. The Labute approximate surface area is 60.4 Å². The molecule has 0 spiro atoms. The molecule has 2 heterocycles. The Morgan fingerprint density at radius 2 is 2.50 bits per heavy atom. The zero-order chi connectivity index (χ0) is 6.81. The van der Waals surface area contributed by atoms with Crippen LogP contribution < -0.4 is 15.7 Å². The molecule has 0 unspecified atom stereocenters. The van der Waals surface area contributed by atoms with E-state index in [4.69, 9.17) is 0 Å². The summed E-state index contributed by atoms with van der Waals surface area (Å²) in [5.74, 6) is 0. The van der Waals surface area contributed by atoms with Crippen molar-refractivity contribution in [2.24, 2.45) is 5.10 Å². The molecule has 1 N–H and O–H groups in total. The fourth-order valence-electron chi connectivity index (χ4n) is 0.594. The maximum absolute atomic E-state index is 3.87. The minimum absolute atomic E-state index is 0.591. The minimum Gasteiger partial charge on any atom is -0.245 e. The van der Waals surface area contributed by atoms with Crippen molar-refractivity contribution >= 4 is 17.4 Å². The van der Waals surface area contributed by atoms with E-state index in [1.807, 2.05) is 5.41 Å². The first-order valence-corrected chi connectivity index (χ1v) is 3.47. The Balaban J connectivity index is 2.84. The summed E-state index contributed by atoms with van der Waals surface area (Å²) in [5, 5.41) is 13.8. The van der Waals surface area contributed by atoms with E-state index in [0.717, 1.165) is 0 Å². The number of rotatable bonds is 0. The molecule has 1 aliphatic heterocycles. The third-order valence-corrected chi connectivity index (χ3v) is 1.54. The maximum atomic E-state index is 3.87. The van der Waals surface area contributed by atoms with Crippen molar-refractivity contribution in [1.82, 2.24) is 20.0 Å². The van der Waals surface area contributed by atoms with Crippen molar-refractivity contribution in [2.45, 2.75) is 0 Å². The fraction of sp³-hybridized carbons (Fsp3) is 0. The molecule has 1 aliphatic rings. The van der Waals surface area contributed by atoms with Crippen LogP contribution >= 0.6 is 11.9 Å². The van der Waals surface area contributed by atoms with E-state index in [0.29, 0.717) is 10.8 Å². The van der Waals surface area contributed by atoms with Gasteiger partial charge in [0.15, 0.2) is 0 Å². The van der Waals surface area contributed by atoms with E-state index >= 15 is 0 Å². The van der Waals surface area contributed by atoms with Crippen LogP contribution in [0.15, 0.2) is 11.4 Å². The zero-order valence-corrected chi connectivity index (χ0v) is 5.67. The summed E-state index contributed by atoms with van der Waals surface area (Å²) < 4.78 is 0. The molecular formula is C4H3N5S. The summed E-state index contributed by atoms with van der Waals surface area (Å²) in [6, 6.07) is 0. The standard InChI is InChI=1S/C4H3N5S/c1-3-4(8-9-10-1)5-2-6-7-3/h1-2,9H. The minimum atomic E-state index is 0.591. The smallest absolute Gasteiger partial charge is 0.202 e. The predicted octanol–water partition coefficient (Wildman–Crippen LogP) is -1.60. The van der Waals surface area contributed by atoms with E-state index in [1.54, 1.807) is 0 Å². The van der Waals surface area contributed by atoms with Crippen LogP contribution in [0.2, 0.25) is 0 Å². The number of nitrogens with zero attached hydrogens (tertiary/aromatic N) is 4. The lowest BCUT2D eigenvalue weighted by atomic mass is 10.7. The highest BCUT2D eigenvalue weighted by Gasteiger charge is 1.93. The Bertz CT molecular complexity index is 312. The average Bonchev–Trinajstić information content (AvgIpc) is 2.05. The number of fused-ring (bicyclic) bond motifs is 1. The maximum Gasteiger partial charge on any atom is 0.202 e. The highest BCUT2D eigenvalue weighted by molar-refractivity contribution is 8.04. The normalized spacial score (nSPS) is 14.0. The summed E-state index contributed by atoms with van der Waals surface area (Å²) in [6.07, 6.45) is 1.37. The summed E-state index contributed by atoms with van der Waals surface area (Å²) >= 11 is 1.35. The van der Waals surface area contributed by atoms with E-state index in [9.17, 15) is 0 Å². The van der Waals surface area contributed by atoms with Crippen molar-refractivity contribution in [3.8, 4) is 0 Å². The second kappa shape index (κ2) is 2.22. The second-order valence-electron chi connectivity index (χ2n) is 1.61. The second-order valence-corrected chi connectivity index (χ2v) is 2.26. The number of nitrogens with one attached hydrogen (secondary N) is 1. The predicted molar refractivity (Wildman–Crippen MR) is 35.8 cm³/mol. The molecule has 2 rings (SSSR count). The zero-order valence-electron chi connectivity index (χ0n) is 4.85. The Morgan fingerprint density at radius 1 is 1.50 bits per heavy atom. The van der Waals surface area contributed by atoms with Crippen LogP contribution in [0.5, 0.6) is 0 Å². The topological polar surface area (TPSA) is 63.1 Å². The van der Waals surface area contributed by atoms with Gasteiger partial charge in [-0.1, -0.05) is 0 Å². The van der Waals surface area contributed by atoms with Crippen LogP contribution in [0.1, 0.15) is 0 Å². The van der Waals surface area contributed by atoms with E-state index in [-0.39, 0.29) is 0 Å². The largest absolute Gasteiger partial charge is 0.245 e. The van der Waals surface area contributed by atoms with Gasteiger partial charge in [0.2, 0.25) is 5.49 Å². The molecule has 0 aromatic carbocycles. The van der Waals surface area contributed by atoms with Crippen molar-refractivity contribution < 1.29 is 0 Å². The first-order chi connectivity index (χ1) is 4.97. The summed E-state index contributed by atoms with van der Waals surface area (Å²) in [7, 11) is 0. The molecule has 6 heteroatoms. The molecular weight excluding hydrogens is 150 g/mol. The van der Waals surface area contributed by atoms with E-state index in [1.165, 1.54) is 18.3 Å². The molecule has 1 aromatic rings. The third kappa shape index (κ3) is 0.820. The van der Waals surface area contributed by atoms with Crippen LogP contribution in [-0.2, 0) is 0 Å². The SMILES string of the molecule is C1=c2nncnc2=NNS1. The summed E-state index contributed by atoms with van der Waals surface area (Å²) in [5.41, 5.74) is 0.591. The first kappa shape index (κ1) is 5.60. The van der Waals surface area contributed by atoms with Gasteiger partial charge in [0.25, 0.3) is 0 Å². The number of aromatic nitrogens is 3.